The lowest BCUT2D eigenvalue weighted by Gasteiger charge is -2.15. The van der Waals surface area contributed by atoms with Gasteiger partial charge in [-0.15, -0.1) is 0 Å². The first-order valence-electron chi connectivity index (χ1n) is 5.69. The summed E-state index contributed by atoms with van der Waals surface area (Å²) in [5.74, 6) is 0.805. The molecule has 0 fully saturated rings. The summed E-state index contributed by atoms with van der Waals surface area (Å²) < 4.78 is 0. The number of hydrogen-bond acceptors (Lipinski definition) is 0. The van der Waals surface area contributed by atoms with E-state index in [0.717, 1.165) is 5.92 Å². The first-order chi connectivity index (χ1) is 5.99. The van der Waals surface area contributed by atoms with Gasteiger partial charge >= 0.3 is 0 Å². The number of rotatable bonds is 5. The largest absolute Gasteiger partial charge is 0.0849 e. The molecule has 0 bridgehead atoms. The minimum Gasteiger partial charge on any atom is -0.0849 e. The van der Waals surface area contributed by atoms with Crippen molar-refractivity contribution in [3.05, 3.63) is 12.2 Å². The molecule has 13 heavy (non-hydrogen) atoms. The fourth-order valence-electron chi connectivity index (χ4n) is 1.33. The summed E-state index contributed by atoms with van der Waals surface area (Å²) in [4.78, 5) is 0. The van der Waals surface area contributed by atoms with Crippen molar-refractivity contribution in [3.63, 3.8) is 0 Å². The van der Waals surface area contributed by atoms with Gasteiger partial charge in [-0.05, 0) is 24.2 Å². The van der Waals surface area contributed by atoms with E-state index in [1.165, 1.54) is 25.7 Å². The first kappa shape index (κ1) is 12.7. The zero-order chi connectivity index (χ0) is 10.3. The third-order valence-corrected chi connectivity index (χ3v) is 2.32. The molecule has 1 atom stereocenters. The van der Waals surface area contributed by atoms with Gasteiger partial charge in [0.25, 0.3) is 0 Å². The summed E-state index contributed by atoms with van der Waals surface area (Å²) in [6.07, 6.45) is 10.1. The molecule has 0 aromatic heterocycles. The van der Waals surface area contributed by atoms with Crippen LogP contribution in [0.1, 0.15) is 60.3 Å². The second-order valence-corrected chi connectivity index (χ2v) is 5.04. The van der Waals surface area contributed by atoms with Crippen molar-refractivity contribution >= 4 is 0 Å². The molecule has 0 heterocycles. The van der Waals surface area contributed by atoms with Gasteiger partial charge < -0.3 is 0 Å². The van der Waals surface area contributed by atoms with Crippen molar-refractivity contribution in [1.29, 1.82) is 0 Å². The van der Waals surface area contributed by atoms with E-state index in [9.17, 15) is 0 Å². The quantitative estimate of drug-likeness (QED) is 0.535. The molecule has 0 N–H and O–H groups in total. The van der Waals surface area contributed by atoms with Crippen LogP contribution in [0.5, 0.6) is 0 Å². The van der Waals surface area contributed by atoms with Crippen LogP contribution in [0.4, 0.5) is 0 Å². The van der Waals surface area contributed by atoms with E-state index in [1.807, 2.05) is 0 Å². The second kappa shape index (κ2) is 6.23. The maximum Gasteiger partial charge on any atom is -0.0203 e. The smallest absolute Gasteiger partial charge is 0.0203 e. The van der Waals surface area contributed by atoms with E-state index < -0.39 is 0 Å². The van der Waals surface area contributed by atoms with Gasteiger partial charge in [0.05, 0.1) is 0 Å². The molecule has 0 aromatic rings. The molecule has 0 aliphatic heterocycles. The van der Waals surface area contributed by atoms with Crippen molar-refractivity contribution in [2.24, 2.45) is 11.3 Å². The SMILES string of the molecule is CCCCC(C=CC(C)(C)C)CC. The third kappa shape index (κ3) is 8.08. The van der Waals surface area contributed by atoms with Crippen LogP contribution in [-0.4, -0.2) is 0 Å². The van der Waals surface area contributed by atoms with Crippen LogP contribution < -0.4 is 0 Å². The van der Waals surface area contributed by atoms with Crippen LogP contribution in [0.3, 0.4) is 0 Å². The zero-order valence-corrected chi connectivity index (χ0v) is 10.1. The van der Waals surface area contributed by atoms with Crippen molar-refractivity contribution in [2.75, 3.05) is 0 Å². The van der Waals surface area contributed by atoms with Gasteiger partial charge in [0.15, 0.2) is 0 Å². The fraction of sp³-hybridized carbons (Fsp3) is 0.846. The molecule has 0 aliphatic rings. The van der Waals surface area contributed by atoms with E-state index >= 15 is 0 Å². The van der Waals surface area contributed by atoms with E-state index in [1.54, 1.807) is 0 Å². The number of allylic oxidation sites excluding steroid dienone is 2. The molecule has 0 spiro atoms. The van der Waals surface area contributed by atoms with Crippen molar-refractivity contribution in [3.8, 4) is 0 Å². The number of unbranched alkanes of at least 4 members (excludes halogenated alkanes) is 1. The predicted molar refractivity (Wildman–Crippen MR) is 61.9 cm³/mol. The van der Waals surface area contributed by atoms with Crippen LogP contribution in [0.15, 0.2) is 12.2 Å². The third-order valence-electron chi connectivity index (χ3n) is 2.32. The highest BCUT2D eigenvalue weighted by atomic mass is 14.1. The van der Waals surface area contributed by atoms with E-state index in [-0.39, 0.29) is 0 Å². The maximum absolute atomic E-state index is 2.41. The Morgan fingerprint density at radius 1 is 1.15 bits per heavy atom. The Labute approximate surface area is 84.4 Å². The van der Waals surface area contributed by atoms with Gasteiger partial charge in [-0.1, -0.05) is 59.6 Å². The minimum atomic E-state index is 0.347. The summed E-state index contributed by atoms with van der Waals surface area (Å²) in [6.45, 7) is 11.3. The Kier molecular flexibility index (Phi) is 6.11. The molecule has 0 rings (SSSR count). The number of hydrogen-bond donors (Lipinski definition) is 0. The van der Waals surface area contributed by atoms with Crippen LogP contribution in [-0.2, 0) is 0 Å². The molecule has 0 radical (unpaired) electrons. The molecule has 0 saturated carbocycles. The summed E-state index contributed by atoms with van der Waals surface area (Å²) >= 11 is 0. The molecule has 0 heteroatoms. The van der Waals surface area contributed by atoms with Crippen molar-refractivity contribution in [1.82, 2.24) is 0 Å². The molecule has 0 nitrogen and oxygen atoms in total. The molecule has 0 aliphatic carbocycles. The summed E-state index contributed by atoms with van der Waals surface area (Å²) in [7, 11) is 0. The van der Waals surface area contributed by atoms with Crippen LogP contribution in [0, 0.1) is 11.3 Å². The Balaban J connectivity index is 3.89. The highest BCUT2D eigenvalue weighted by Gasteiger charge is 2.06. The summed E-state index contributed by atoms with van der Waals surface area (Å²) in [5, 5.41) is 0. The Bertz CT molecular complexity index is 137. The summed E-state index contributed by atoms with van der Waals surface area (Å²) in [5.41, 5.74) is 0.347. The minimum absolute atomic E-state index is 0.347. The molecule has 1 unspecified atom stereocenters. The van der Waals surface area contributed by atoms with Crippen LogP contribution in [0.2, 0.25) is 0 Å². The second-order valence-electron chi connectivity index (χ2n) is 5.04. The molecular formula is C13H26. The zero-order valence-electron chi connectivity index (χ0n) is 10.1. The summed E-state index contributed by atoms with van der Waals surface area (Å²) in [6, 6.07) is 0. The fourth-order valence-corrected chi connectivity index (χ4v) is 1.33. The van der Waals surface area contributed by atoms with E-state index in [2.05, 4.69) is 46.8 Å². The lowest BCUT2D eigenvalue weighted by atomic mass is 9.91. The monoisotopic (exact) mass is 182 g/mol. The van der Waals surface area contributed by atoms with Crippen LogP contribution >= 0.6 is 0 Å². The van der Waals surface area contributed by atoms with Gasteiger partial charge in [0.2, 0.25) is 0 Å². The average molecular weight is 182 g/mol. The lowest BCUT2D eigenvalue weighted by Crippen LogP contribution is -2.01. The Morgan fingerprint density at radius 2 is 1.77 bits per heavy atom. The molecule has 78 valence electrons. The van der Waals surface area contributed by atoms with Gasteiger partial charge in [0.1, 0.15) is 0 Å². The van der Waals surface area contributed by atoms with Crippen LogP contribution in [0.25, 0.3) is 0 Å². The topological polar surface area (TPSA) is 0 Å². The van der Waals surface area contributed by atoms with E-state index in [4.69, 9.17) is 0 Å². The molecule has 0 saturated heterocycles. The molecule has 0 amide bonds. The highest BCUT2D eigenvalue weighted by molar-refractivity contribution is 4.95. The van der Waals surface area contributed by atoms with Crippen molar-refractivity contribution in [2.45, 2.75) is 60.3 Å². The van der Waals surface area contributed by atoms with Crippen molar-refractivity contribution < 1.29 is 0 Å². The van der Waals surface area contributed by atoms with E-state index in [0.29, 0.717) is 5.41 Å². The predicted octanol–water partition coefficient (Wildman–Crippen LogP) is 4.81. The standard InChI is InChI=1S/C13H26/c1-6-8-9-12(7-2)10-11-13(3,4)5/h10-12H,6-9H2,1-5H3. The Morgan fingerprint density at radius 3 is 2.15 bits per heavy atom. The normalized spacial score (nSPS) is 15.2. The highest BCUT2D eigenvalue weighted by Crippen LogP contribution is 2.20. The van der Waals surface area contributed by atoms with Gasteiger partial charge in [-0.25, -0.2) is 0 Å². The lowest BCUT2D eigenvalue weighted by molar-refractivity contribution is 0.509. The Hall–Kier alpha value is -0.260. The first-order valence-corrected chi connectivity index (χ1v) is 5.69. The van der Waals surface area contributed by atoms with Gasteiger partial charge in [-0.3, -0.25) is 0 Å². The van der Waals surface area contributed by atoms with Gasteiger partial charge in [-0.2, -0.15) is 0 Å². The maximum atomic E-state index is 2.41. The average Bonchev–Trinajstić information content (AvgIpc) is 2.03. The molecule has 0 aromatic carbocycles. The van der Waals surface area contributed by atoms with Gasteiger partial charge in [0, 0.05) is 0 Å². The molecular weight excluding hydrogens is 156 g/mol.